The van der Waals surface area contributed by atoms with Gasteiger partial charge in [0.1, 0.15) is 0 Å². The fraction of sp³-hybridized carbons (Fsp3) is 0.0667. The Bertz CT molecular complexity index is 554. The quantitative estimate of drug-likeness (QED) is 0.498. The summed E-state index contributed by atoms with van der Waals surface area (Å²) in [5.74, 6) is 0.416. The molecule has 0 aliphatic carbocycles. The molecule has 0 aromatic heterocycles. The number of aryl methyl sites for hydroxylation is 1. The van der Waals surface area contributed by atoms with E-state index in [9.17, 15) is 0 Å². The van der Waals surface area contributed by atoms with Crippen molar-refractivity contribution in [2.24, 2.45) is 15.9 Å². The van der Waals surface area contributed by atoms with Crippen LogP contribution in [0, 0.1) is 6.92 Å². The van der Waals surface area contributed by atoms with E-state index < -0.39 is 0 Å². The monoisotopic (exact) mass is 237 g/mol. The van der Waals surface area contributed by atoms with Crippen LogP contribution < -0.4 is 5.73 Å². The molecule has 0 bridgehead atoms. The van der Waals surface area contributed by atoms with E-state index in [2.05, 4.69) is 10.2 Å². The number of hydrogen-bond donors (Lipinski definition) is 1. The van der Waals surface area contributed by atoms with Gasteiger partial charge in [0.2, 0.25) is 0 Å². The molecular formula is C15H15N3. The molecule has 0 aliphatic heterocycles. The average Bonchev–Trinajstić information content (AvgIpc) is 2.42. The summed E-state index contributed by atoms with van der Waals surface area (Å²) in [4.78, 5) is 0. The number of amidine groups is 1. The maximum Gasteiger partial charge on any atom is 0.153 e. The van der Waals surface area contributed by atoms with Gasteiger partial charge < -0.3 is 5.73 Å². The predicted octanol–water partition coefficient (Wildman–Crippen LogP) is 2.73. The maximum atomic E-state index is 5.82. The van der Waals surface area contributed by atoms with Crippen LogP contribution in [0.3, 0.4) is 0 Å². The van der Waals surface area contributed by atoms with Gasteiger partial charge in [0.15, 0.2) is 5.84 Å². The van der Waals surface area contributed by atoms with E-state index in [1.54, 1.807) is 6.21 Å². The summed E-state index contributed by atoms with van der Waals surface area (Å²) in [7, 11) is 0. The van der Waals surface area contributed by atoms with Gasteiger partial charge in [-0.3, -0.25) is 0 Å². The van der Waals surface area contributed by atoms with Gasteiger partial charge in [0.05, 0.1) is 6.21 Å². The molecule has 0 radical (unpaired) electrons. The molecule has 2 N–H and O–H groups in total. The van der Waals surface area contributed by atoms with Crippen molar-refractivity contribution in [2.75, 3.05) is 0 Å². The molecule has 3 heteroatoms. The normalized spacial score (nSPS) is 11.9. The zero-order chi connectivity index (χ0) is 12.8. The first-order valence-corrected chi connectivity index (χ1v) is 5.74. The summed E-state index contributed by atoms with van der Waals surface area (Å²) in [6.07, 6.45) is 1.69. The molecule has 0 spiro atoms. The Hall–Kier alpha value is -2.42. The first-order chi connectivity index (χ1) is 8.75. The van der Waals surface area contributed by atoms with Crippen LogP contribution in [-0.4, -0.2) is 12.1 Å². The Kier molecular flexibility index (Phi) is 3.86. The minimum atomic E-state index is 0.416. The lowest BCUT2D eigenvalue weighted by molar-refractivity contribution is 1.23. The summed E-state index contributed by atoms with van der Waals surface area (Å²) >= 11 is 0. The molecule has 0 fully saturated rings. The van der Waals surface area contributed by atoms with Crippen molar-refractivity contribution in [2.45, 2.75) is 6.92 Å². The molecule has 0 heterocycles. The number of nitrogens with two attached hydrogens (primary N) is 1. The van der Waals surface area contributed by atoms with Crippen LogP contribution in [0.1, 0.15) is 16.7 Å². The minimum Gasteiger partial charge on any atom is -0.382 e. The molecule has 0 aliphatic rings. The van der Waals surface area contributed by atoms with Gasteiger partial charge in [0, 0.05) is 5.56 Å². The van der Waals surface area contributed by atoms with Gasteiger partial charge in [0.25, 0.3) is 0 Å². The third-order valence-corrected chi connectivity index (χ3v) is 2.52. The second-order valence-corrected chi connectivity index (χ2v) is 4.01. The summed E-state index contributed by atoms with van der Waals surface area (Å²) in [5, 5.41) is 7.96. The van der Waals surface area contributed by atoms with Crippen molar-refractivity contribution in [1.82, 2.24) is 0 Å². The predicted molar refractivity (Wildman–Crippen MR) is 75.9 cm³/mol. The molecule has 2 aromatic rings. The van der Waals surface area contributed by atoms with E-state index in [1.807, 2.05) is 61.5 Å². The molecule has 0 saturated heterocycles. The molecule has 3 nitrogen and oxygen atoms in total. The van der Waals surface area contributed by atoms with Crippen LogP contribution >= 0.6 is 0 Å². The van der Waals surface area contributed by atoms with Crippen molar-refractivity contribution in [3.63, 3.8) is 0 Å². The molecule has 2 aromatic carbocycles. The summed E-state index contributed by atoms with van der Waals surface area (Å²) in [5.41, 5.74) is 8.92. The van der Waals surface area contributed by atoms with Crippen LogP contribution in [0.25, 0.3) is 0 Å². The highest BCUT2D eigenvalue weighted by Gasteiger charge is 1.94. The highest BCUT2D eigenvalue weighted by molar-refractivity contribution is 5.97. The Labute approximate surface area is 107 Å². The van der Waals surface area contributed by atoms with Gasteiger partial charge in [-0.25, -0.2) is 0 Å². The first-order valence-electron chi connectivity index (χ1n) is 5.74. The van der Waals surface area contributed by atoms with Crippen molar-refractivity contribution >= 4 is 12.1 Å². The van der Waals surface area contributed by atoms with E-state index in [1.165, 1.54) is 5.56 Å². The van der Waals surface area contributed by atoms with E-state index in [4.69, 9.17) is 5.73 Å². The average molecular weight is 237 g/mol. The second-order valence-electron chi connectivity index (χ2n) is 4.01. The van der Waals surface area contributed by atoms with Crippen molar-refractivity contribution in [3.05, 3.63) is 71.3 Å². The highest BCUT2D eigenvalue weighted by Crippen LogP contribution is 2.01. The molecule has 0 atom stereocenters. The Morgan fingerprint density at radius 1 is 1.00 bits per heavy atom. The number of hydrogen-bond acceptors (Lipinski definition) is 2. The molecule has 18 heavy (non-hydrogen) atoms. The lowest BCUT2D eigenvalue weighted by Crippen LogP contribution is -2.12. The topological polar surface area (TPSA) is 50.7 Å². The Balaban J connectivity index is 2.08. The fourth-order valence-electron chi connectivity index (χ4n) is 1.48. The van der Waals surface area contributed by atoms with Crippen LogP contribution in [0.5, 0.6) is 0 Å². The summed E-state index contributed by atoms with van der Waals surface area (Å²) in [6.45, 7) is 2.05. The van der Waals surface area contributed by atoms with Crippen molar-refractivity contribution in [3.8, 4) is 0 Å². The van der Waals surface area contributed by atoms with Crippen LogP contribution in [0.4, 0.5) is 0 Å². The van der Waals surface area contributed by atoms with Gasteiger partial charge >= 0.3 is 0 Å². The summed E-state index contributed by atoms with van der Waals surface area (Å²) < 4.78 is 0. The van der Waals surface area contributed by atoms with Crippen molar-refractivity contribution < 1.29 is 0 Å². The zero-order valence-corrected chi connectivity index (χ0v) is 10.2. The van der Waals surface area contributed by atoms with E-state index in [0.717, 1.165) is 11.1 Å². The third kappa shape index (κ3) is 3.28. The zero-order valence-electron chi connectivity index (χ0n) is 10.2. The Morgan fingerprint density at radius 3 is 2.33 bits per heavy atom. The molecule has 0 amide bonds. The molecule has 0 saturated carbocycles. The molecule has 0 unspecified atom stereocenters. The maximum absolute atomic E-state index is 5.82. The van der Waals surface area contributed by atoms with Crippen LogP contribution in [0.15, 0.2) is 64.8 Å². The minimum absolute atomic E-state index is 0.416. The highest BCUT2D eigenvalue weighted by atomic mass is 15.2. The van der Waals surface area contributed by atoms with Crippen molar-refractivity contribution in [1.29, 1.82) is 0 Å². The van der Waals surface area contributed by atoms with Crippen LogP contribution in [-0.2, 0) is 0 Å². The lowest BCUT2D eigenvalue weighted by Gasteiger charge is -1.96. The standard InChI is InChI=1S/C15H15N3/c1-12-7-9-13(10-8-12)11-17-18-15(16)14-5-3-2-4-6-14/h2-11H,1H3,(H2,16,18)/b17-11+. The smallest absolute Gasteiger partial charge is 0.153 e. The van der Waals surface area contributed by atoms with Gasteiger partial charge in [-0.1, -0.05) is 60.2 Å². The third-order valence-electron chi connectivity index (χ3n) is 2.52. The van der Waals surface area contributed by atoms with Gasteiger partial charge in [-0.05, 0) is 12.5 Å². The van der Waals surface area contributed by atoms with E-state index in [-0.39, 0.29) is 0 Å². The first kappa shape index (κ1) is 12.0. The molecule has 2 rings (SSSR count). The Morgan fingerprint density at radius 2 is 1.67 bits per heavy atom. The summed E-state index contributed by atoms with van der Waals surface area (Å²) in [6, 6.07) is 17.6. The van der Waals surface area contributed by atoms with E-state index in [0.29, 0.717) is 5.84 Å². The largest absolute Gasteiger partial charge is 0.382 e. The lowest BCUT2D eigenvalue weighted by atomic mass is 10.2. The van der Waals surface area contributed by atoms with Crippen LogP contribution in [0.2, 0.25) is 0 Å². The van der Waals surface area contributed by atoms with Gasteiger partial charge in [-0.2, -0.15) is 5.10 Å². The van der Waals surface area contributed by atoms with Gasteiger partial charge in [-0.15, -0.1) is 5.10 Å². The second kappa shape index (κ2) is 5.77. The number of rotatable bonds is 3. The number of benzene rings is 2. The van der Waals surface area contributed by atoms with E-state index >= 15 is 0 Å². The fourth-order valence-corrected chi connectivity index (χ4v) is 1.48. The molecular weight excluding hydrogens is 222 g/mol. The SMILES string of the molecule is Cc1ccc(/C=N/N=C(\N)c2ccccc2)cc1. The number of nitrogens with zero attached hydrogens (tertiary/aromatic N) is 2. The molecule has 90 valence electrons.